The van der Waals surface area contributed by atoms with E-state index in [9.17, 15) is 9.59 Å². The van der Waals surface area contributed by atoms with Crippen LogP contribution in [0.4, 0.5) is 0 Å². The number of aromatic amines is 1. The zero-order chi connectivity index (χ0) is 24.9. The molecule has 1 saturated carbocycles. The van der Waals surface area contributed by atoms with Gasteiger partial charge in [0.1, 0.15) is 16.8 Å². The molecule has 1 aliphatic rings. The molecule has 0 bridgehead atoms. The molecule has 2 N–H and O–H groups in total. The molecular weight excluding hydrogens is 472 g/mol. The molecule has 1 amide bonds. The van der Waals surface area contributed by atoms with E-state index in [1.54, 1.807) is 11.7 Å². The van der Waals surface area contributed by atoms with Gasteiger partial charge in [0.15, 0.2) is 5.16 Å². The molecule has 0 aliphatic heterocycles. The number of hydrogen-bond acceptors (Lipinski definition) is 5. The second kappa shape index (κ2) is 11.0. The number of rotatable bonds is 8. The SMILES string of the molecule is COc1cccc(Cn2c(SCC(=O)NC3CCCCC3)nc3c(-c4ccccc4)c[nH]c3c2=O)c1. The average molecular weight is 503 g/mol. The van der Waals surface area contributed by atoms with Gasteiger partial charge in [-0.05, 0) is 36.1 Å². The van der Waals surface area contributed by atoms with Crippen molar-refractivity contribution in [2.45, 2.75) is 49.8 Å². The lowest BCUT2D eigenvalue weighted by atomic mass is 9.95. The van der Waals surface area contributed by atoms with Crippen molar-refractivity contribution in [2.75, 3.05) is 12.9 Å². The van der Waals surface area contributed by atoms with Gasteiger partial charge in [-0.1, -0.05) is 73.5 Å². The second-order valence-electron chi connectivity index (χ2n) is 9.12. The average Bonchev–Trinajstić information content (AvgIpc) is 3.34. The fraction of sp³-hybridized carbons (Fsp3) is 0.321. The molecule has 0 radical (unpaired) electrons. The van der Waals surface area contributed by atoms with Crippen molar-refractivity contribution in [1.82, 2.24) is 19.9 Å². The Morgan fingerprint density at radius 3 is 2.72 bits per heavy atom. The van der Waals surface area contributed by atoms with E-state index in [4.69, 9.17) is 9.72 Å². The van der Waals surface area contributed by atoms with Crippen LogP contribution in [0.3, 0.4) is 0 Å². The number of benzene rings is 2. The summed E-state index contributed by atoms with van der Waals surface area (Å²) in [5, 5.41) is 3.68. The van der Waals surface area contributed by atoms with Crippen LogP contribution in [0.1, 0.15) is 37.7 Å². The van der Waals surface area contributed by atoms with Crippen LogP contribution >= 0.6 is 11.8 Å². The molecule has 4 aromatic rings. The number of H-pyrrole nitrogens is 1. The first kappa shape index (κ1) is 24.2. The van der Waals surface area contributed by atoms with Gasteiger partial charge in [-0.25, -0.2) is 4.98 Å². The van der Waals surface area contributed by atoms with E-state index < -0.39 is 0 Å². The largest absolute Gasteiger partial charge is 0.497 e. The van der Waals surface area contributed by atoms with Crippen molar-refractivity contribution in [3.63, 3.8) is 0 Å². The van der Waals surface area contributed by atoms with E-state index in [0.29, 0.717) is 22.7 Å². The summed E-state index contributed by atoms with van der Waals surface area (Å²) in [5.41, 5.74) is 3.66. The topological polar surface area (TPSA) is 89.0 Å². The number of aromatic nitrogens is 3. The van der Waals surface area contributed by atoms with Crippen molar-refractivity contribution in [1.29, 1.82) is 0 Å². The summed E-state index contributed by atoms with van der Waals surface area (Å²) in [6.45, 7) is 0.325. The van der Waals surface area contributed by atoms with Crippen molar-refractivity contribution in [3.8, 4) is 16.9 Å². The van der Waals surface area contributed by atoms with Gasteiger partial charge < -0.3 is 15.0 Å². The lowest BCUT2D eigenvalue weighted by Gasteiger charge is -2.22. The van der Waals surface area contributed by atoms with Gasteiger partial charge in [-0.15, -0.1) is 0 Å². The first-order valence-corrected chi connectivity index (χ1v) is 13.3. The van der Waals surface area contributed by atoms with Crippen LogP contribution in [-0.4, -0.2) is 39.3 Å². The van der Waals surface area contributed by atoms with E-state index in [1.165, 1.54) is 18.2 Å². The van der Waals surface area contributed by atoms with E-state index in [-0.39, 0.29) is 23.3 Å². The summed E-state index contributed by atoms with van der Waals surface area (Å²) in [6, 6.07) is 17.8. The van der Waals surface area contributed by atoms with Gasteiger partial charge in [-0.3, -0.25) is 14.2 Å². The molecule has 0 spiro atoms. The van der Waals surface area contributed by atoms with Crippen LogP contribution in [0.25, 0.3) is 22.2 Å². The Labute approximate surface area is 214 Å². The van der Waals surface area contributed by atoms with Crippen molar-refractivity contribution >= 4 is 28.7 Å². The Bertz CT molecular complexity index is 1410. The molecule has 7 nitrogen and oxygen atoms in total. The van der Waals surface area contributed by atoms with Crippen LogP contribution in [0.5, 0.6) is 5.75 Å². The summed E-state index contributed by atoms with van der Waals surface area (Å²) in [7, 11) is 1.62. The molecule has 1 fully saturated rings. The number of amides is 1. The standard InChI is InChI=1S/C28H30N4O3S/c1-35-22-14-8-9-19(15-22)17-32-27(34)26-25(23(16-29-26)20-10-4-2-5-11-20)31-28(32)36-18-24(33)30-21-12-6-3-7-13-21/h2,4-5,8-11,14-16,21,29H,3,6-7,12-13,17-18H2,1H3,(H,30,33). The number of methoxy groups -OCH3 is 1. The van der Waals surface area contributed by atoms with Gasteiger partial charge in [0, 0.05) is 17.8 Å². The van der Waals surface area contributed by atoms with E-state index in [2.05, 4.69) is 10.3 Å². The lowest BCUT2D eigenvalue weighted by molar-refractivity contribution is -0.119. The van der Waals surface area contributed by atoms with Crippen molar-refractivity contribution in [3.05, 3.63) is 76.7 Å². The maximum Gasteiger partial charge on any atom is 0.278 e. The number of ether oxygens (including phenoxy) is 1. The molecule has 36 heavy (non-hydrogen) atoms. The molecular formula is C28H30N4O3S. The number of nitrogens with one attached hydrogen (secondary N) is 2. The Morgan fingerprint density at radius 1 is 1.14 bits per heavy atom. The van der Waals surface area contributed by atoms with Crippen LogP contribution in [-0.2, 0) is 11.3 Å². The summed E-state index contributed by atoms with van der Waals surface area (Å²) >= 11 is 1.30. The van der Waals surface area contributed by atoms with Gasteiger partial charge in [-0.2, -0.15) is 0 Å². The van der Waals surface area contributed by atoms with Gasteiger partial charge in [0.25, 0.3) is 5.56 Å². The van der Waals surface area contributed by atoms with Crippen LogP contribution in [0.2, 0.25) is 0 Å². The molecule has 2 heterocycles. The maximum atomic E-state index is 13.7. The zero-order valence-corrected chi connectivity index (χ0v) is 21.1. The molecule has 0 saturated heterocycles. The quantitative estimate of drug-likeness (QED) is 0.262. The Kier molecular flexibility index (Phi) is 7.41. The van der Waals surface area contributed by atoms with Gasteiger partial charge in [0.05, 0.1) is 19.4 Å². The third kappa shape index (κ3) is 5.33. The smallest absolute Gasteiger partial charge is 0.278 e. The van der Waals surface area contributed by atoms with E-state index >= 15 is 0 Å². The number of nitrogens with zero attached hydrogens (tertiary/aromatic N) is 2. The van der Waals surface area contributed by atoms with E-state index in [1.807, 2.05) is 60.8 Å². The summed E-state index contributed by atoms with van der Waals surface area (Å²) in [5.74, 6) is 0.908. The summed E-state index contributed by atoms with van der Waals surface area (Å²) in [4.78, 5) is 34.5. The highest BCUT2D eigenvalue weighted by molar-refractivity contribution is 7.99. The number of fused-ring (bicyclic) bond motifs is 1. The second-order valence-corrected chi connectivity index (χ2v) is 10.1. The maximum absolute atomic E-state index is 13.7. The van der Waals surface area contributed by atoms with Crippen molar-refractivity contribution < 1.29 is 9.53 Å². The van der Waals surface area contributed by atoms with Crippen molar-refractivity contribution in [2.24, 2.45) is 0 Å². The molecule has 2 aromatic carbocycles. The summed E-state index contributed by atoms with van der Waals surface area (Å²) < 4.78 is 7.00. The minimum Gasteiger partial charge on any atom is -0.497 e. The van der Waals surface area contributed by atoms with Gasteiger partial charge in [0.2, 0.25) is 5.91 Å². The number of hydrogen-bond donors (Lipinski definition) is 2. The van der Waals surface area contributed by atoms with Crippen LogP contribution in [0.15, 0.2) is 70.7 Å². The van der Waals surface area contributed by atoms with Gasteiger partial charge >= 0.3 is 0 Å². The molecule has 186 valence electrons. The first-order valence-electron chi connectivity index (χ1n) is 12.3. The third-order valence-corrected chi connectivity index (χ3v) is 7.59. The Morgan fingerprint density at radius 2 is 1.94 bits per heavy atom. The number of carbonyl (C=O) groups is 1. The minimum absolute atomic E-state index is 0.0217. The van der Waals surface area contributed by atoms with E-state index in [0.717, 1.165) is 48.1 Å². The monoisotopic (exact) mass is 502 g/mol. The predicted molar refractivity (Wildman–Crippen MR) is 144 cm³/mol. The third-order valence-electron chi connectivity index (χ3n) is 6.61. The highest BCUT2D eigenvalue weighted by Gasteiger charge is 2.20. The normalized spacial score (nSPS) is 14.1. The number of thioether (sulfide) groups is 1. The predicted octanol–water partition coefficient (Wildman–Crippen LogP) is 4.99. The molecule has 5 rings (SSSR count). The lowest BCUT2D eigenvalue weighted by Crippen LogP contribution is -2.37. The number of carbonyl (C=O) groups excluding carboxylic acids is 1. The minimum atomic E-state index is -0.166. The fourth-order valence-electron chi connectivity index (χ4n) is 4.76. The summed E-state index contributed by atoms with van der Waals surface area (Å²) in [6.07, 6.45) is 7.45. The highest BCUT2D eigenvalue weighted by Crippen LogP contribution is 2.28. The molecule has 8 heteroatoms. The van der Waals surface area contributed by atoms with Crippen LogP contribution in [0, 0.1) is 0 Å². The first-order chi connectivity index (χ1) is 17.6. The molecule has 0 atom stereocenters. The Balaban J connectivity index is 1.49. The molecule has 1 aliphatic carbocycles. The fourth-order valence-corrected chi connectivity index (χ4v) is 5.56. The molecule has 0 unspecified atom stereocenters. The highest BCUT2D eigenvalue weighted by atomic mass is 32.2. The zero-order valence-electron chi connectivity index (χ0n) is 20.3. The Hall–Kier alpha value is -3.52. The van der Waals surface area contributed by atoms with Crippen LogP contribution < -0.4 is 15.6 Å². The molecule has 2 aromatic heterocycles.